The molecule has 134 valence electrons. The molecule has 0 saturated heterocycles. The predicted molar refractivity (Wildman–Crippen MR) is 111 cm³/mol. The van der Waals surface area contributed by atoms with E-state index in [4.69, 9.17) is 28.6 Å². The number of thiazole rings is 1. The highest BCUT2D eigenvalue weighted by atomic mass is 35.5. The number of fused-ring (bicyclic) bond motifs is 1. The summed E-state index contributed by atoms with van der Waals surface area (Å²) in [6, 6.07) is 12.5. The summed E-state index contributed by atoms with van der Waals surface area (Å²) in [6.07, 6.45) is 0.0295. The zero-order chi connectivity index (χ0) is 18.7. The first kappa shape index (κ1) is 18.6. The van der Waals surface area contributed by atoms with Crippen LogP contribution in [0.2, 0.25) is 5.02 Å². The molecule has 0 aliphatic heterocycles. The van der Waals surface area contributed by atoms with Crippen molar-refractivity contribution in [1.29, 1.82) is 0 Å². The molecule has 0 atom stereocenters. The molecule has 1 heterocycles. The van der Waals surface area contributed by atoms with Gasteiger partial charge in [0.25, 0.3) is 5.91 Å². The van der Waals surface area contributed by atoms with Gasteiger partial charge in [0.2, 0.25) is 0 Å². The zero-order valence-corrected chi connectivity index (χ0v) is 16.5. The van der Waals surface area contributed by atoms with E-state index in [0.717, 1.165) is 4.70 Å². The van der Waals surface area contributed by atoms with Crippen LogP contribution in [0, 0.1) is 0 Å². The first-order chi connectivity index (χ1) is 12.4. The third-order valence-electron chi connectivity index (χ3n) is 3.29. The lowest BCUT2D eigenvalue weighted by Gasteiger charge is -2.11. The van der Waals surface area contributed by atoms with Crippen LogP contribution in [-0.4, -0.2) is 22.1 Å². The van der Waals surface area contributed by atoms with E-state index in [9.17, 15) is 4.79 Å². The molecule has 0 saturated carbocycles. The second-order valence-corrected chi connectivity index (χ2v) is 7.55. The minimum Gasteiger partial charge on any atom is -0.491 e. The van der Waals surface area contributed by atoms with Crippen molar-refractivity contribution in [2.45, 2.75) is 20.0 Å². The van der Waals surface area contributed by atoms with E-state index >= 15 is 0 Å². The smallest absolute Gasteiger partial charge is 0.257 e. The quantitative estimate of drug-likeness (QED) is 0.606. The van der Waals surface area contributed by atoms with E-state index in [2.05, 4.69) is 15.6 Å². The molecular weight excluding hydrogens is 390 g/mol. The summed E-state index contributed by atoms with van der Waals surface area (Å²) in [5, 5.41) is 6.87. The molecule has 3 aromatic rings. The highest BCUT2D eigenvalue weighted by Gasteiger charge is 2.12. The van der Waals surface area contributed by atoms with Crippen LogP contribution in [0.4, 0.5) is 5.13 Å². The van der Waals surface area contributed by atoms with Crippen LogP contribution >= 0.6 is 35.2 Å². The number of aromatic nitrogens is 1. The van der Waals surface area contributed by atoms with Crippen molar-refractivity contribution >= 4 is 61.5 Å². The Morgan fingerprint density at radius 3 is 2.77 bits per heavy atom. The van der Waals surface area contributed by atoms with Crippen LogP contribution in [0.1, 0.15) is 24.2 Å². The SMILES string of the molecule is CC(C)Oc1cccc(C(=O)NC(=S)Nc2nc3c(Cl)cccc3s2)c1. The number of rotatable bonds is 4. The molecule has 8 heteroatoms. The van der Waals surface area contributed by atoms with Crippen LogP contribution < -0.4 is 15.4 Å². The molecule has 0 fully saturated rings. The van der Waals surface area contributed by atoms with E-state index in [-0.39, 0.29) is 17.1 Å². The normalized spacial score (nSPS) is 10.8. The Hall–Kier alpha value is -2.22. The van der Waals surface area contributed by atoms with Gasteiger partial charge in [-0.25, -0.2) is 4.98 Å². The van der Waals surface area contributed by atoms with Crippen LogP contribution in [-0.2, 0) is 0 Å². The van der Waals surface area contributed by atoms with Crippen molar-refractivity contribution in [1.82, 2.24) is 10.3 Å². The van der Waals surface area contributed by atoms with Crippen molar-refractivity contribution in [3.63, 3.8) is 0 Å². The number of carbonyl (C=O) groups is 1. The molecule has 0 bridgehead atoms. The van der Waals surface area contributed by atoms with Gasteiger partial charge in [0.05, 0.1) is 15.8 Å². The molecule has 26 heavy (non-hydrogen) atoms. The average molecular weight is 406 g/mol. The Kier molecular flexibility index (Phi) is 5.70. The van der Waals surface area contributed by atoms with Crippen LogP contribution in [0.5, 0.6) is 5.75 Å². The van der Waals surface area contributed by atoms with Gasteiger partial charge in [-0.15, -0.1) is 0 Å². The highest BCUT2D eigenvalue weighted by molar-refractivity contribution is 7.80. The fourth-order valence-corrected chi connectivity index (χ4v) is 3.68. The number of hydrogen-bond donors (Lipinski definition) is 2. The van der Waals surface area contributed by atoms with E-state index in [0.29, 0.717) is 27.0 Å². The lowest BCUT2D eigenvalue weighted by molar-refractivity contribution is 0.0977. The molecule has 2 N–H and O–H groups in total. The standard InChI is InChI=1S/C18H16ClN3O2S2/c1-10(2)24-12-6-3-5-11(9-12)16(23)21-17(25)22-18-20-15-13(19)7-4-8-14(15)26-18/h3-10H,1-2H3,(H2,20,21,22,23,25). The third-order valence-corrected chi connectivity index (χ3v) is 4.73. The van der Waals surface area contributed by atoms with Crippen molar-refractivity contribution in [3.8, 4) is 5.75 Å². The van der Waals surface area contributed by atoms with Crippen molar-refractivity contribution in [2.75, 3.05) is 5.32 Å². The van der Waals surface area contributed by atoms with Gasteiger partial charge >= 0.3 is 0 Å². The first-order valence-corrected chi connectivity index (χ1v) is 9.47. The average Bonchev–Trinajstić information content (AvgIpc) is 2.98. The first-order valence-electron chi connectivity index (χ1n) is 7.86. The molecule has 3 rings (SSSR count). The largest absolute Gasteiger partial charge is 0.491 e. The Balaban J connectivity index is 1.67. The second-order valence-electron chi connectivity index (χ2n) is 5.71. The molecule has 0 aliphatic carbocycles. The van der Waals surface area contributed by atoms with Gasteiger partial charge in [0, 0.05) is 5.56 Å². The Morgan fingerprint density at radius 1 is 1.27 bits per heavy atom. The molecular formula is C18H16ClN3O2S2. The van der Waals surface area contributed by atoms with Crippen LogP contribution in [0.3, 0.4) is 0 Å². The van der Waals surface area contributed by atoms with E-state index in [1.165, 1.54) is 11.3 Å². The summed E-state index contributed by atoms with van der Waals surface area (Å²) in [5.41, 5.74) is 1.16. The summed E-state index contributed by atoms with van der Waals surface area (Å²) in [6.45, 7) is 3.85. The molecule has 0 aliphatic rings. The number of carbonyl (C=O) groups excluding carboxylic acids is 1. The van der Waals surface area contributed by atoms with Gasteiger partial charge in [-0.3, -0.25) is 10.1 Å². The number of benzene rings is 2. The van der Waals surface area contributed by atoms with E-state index < -0.39 is 0 Å². The van der Waals surface area contributed by atoms with Gasteiger partial charge < -0.3 is 10.1 Å². The molecule has 0 radical (unpaired) electrons. The predicted octanol–water partition coefficient (Wildman–Crippen LogP) is 4.86. The molecule has 1 aromatic heterocycles. The Bertz CT molecular complexity index is 972. The number of hydrogen-bond acceptors (Lipinski definition) is 5. The zero-order valence-electron chi connectivity index (χ0n) is 14.1. The number of para-hydroxylation sites is 1. The maximum absolute atomic E-state index is 12.4. The number of nitrogens with zero attached hydrogens (tertiary/aromatic N) is 1. The lowest BCUT2D eigenvalue weighted by Crippen LogP contribution is -2.34. The maximum atomic E-state index is 12.4. The van der Waals surface area contributed by atoms with E-state index in [1.54, 1.807) is 30.3 Å². The topological polar surface area (TPSA) is 63.2 Å². The monoisotopic (exact) mass is 405 g/mol. The van der Waals surface area contributed by atoms with Crippen LogP contribution in [0.15, 0.2) is 42.5 Å². The van der Waals surface area contributed by atoms with Gasteiger partial charge in [-0.05, 0) is 56.4 Å². The molecule has 1 amide bonds. The van der Waals surface area contributed by atoms with Crippen LogP contribution in [0.25, 0.3) is 10.2 Å². The molecule has 5 nitrogen and oxygen atoms in total. The van der Waals surface area contributed by atoms with Gasteiger partial charge in [-0.1, -0.05) is 35.1 Å². The number of nitrogens with one attached hydrogen (secondary N) is 2. The molecule has 0 unspecified atom stereocenters. The summed E-state index contributed by atoms with van der Waals surface area (Å²) in [7, 11) is 0. The van der Waals surface area contributed by atoms with Gasteiger partial charge in [-0.2, -0.15) is 0 Å². The number of amides is 1. The second kappa shape index (κ2) is 7.99. The fourth-order valence-electron chi connectivity index (χ4n) is 2.25. The Morgan fingerprint density at radius 2 is 2.04 bits per heavy atom. The summed E-state index contributed by atoms with van der Waals surface area (Å²) < 4.78 is 6.54. The fraction of sp³-hybridized carbons (Fsp3) is 0.167. The molecule has 0 spiro atoms. The highest BCUT2D eigenvalue weighted by Crippen LogP contribution is 2.30. The minimum atomic E-state index is -0.323. The maximum Gasteiger partial charge on any atom is 0.257 e. The number of anilines is 1. The number of thiocarbonyl (C=S) groups is 1. The Labute approximate surface area is 165 Å². The summed E-state index contributed by atoms with van der Waals surface area (Å²) in [5.74, 6) is 0.309. The summed E-state index contributed by atoms with van der Waals surface area (Å²) >= 11 is 12.7. The third kappa shape index (κ3) is 4.49. The summed E-state index contributed by atoms with van der Waals surface area (Å²) in [4.78, 5) is 16.8. The lowest BCUT2D eigenvalue weighted by atomic mass is 10.2. The van der Waals surface area contributed by atoms with E-state index in [1.807, 2.05) is 26.0 Å². The number of ether oxygens (including phenoxy) is 1. The van der Waals surface area contributed by atoms with Gasteiger partial charge in [0.15, 0.2) is 10.2 Å². The van der Waals surface area contributed by atoms with Crippen molar-refractivity contribution in [2.24, 2.45) is 0 Å². The molecule has 2 aromatic carbocycles. The van der Waals surface area contributed by atoms with Crippen molar-refractivity contribution in [3.05, 3.63) is 53.1 Å². The van der Waals surface area contributed by atoms with Gasteiger partial charge in [0.1, 0.15) is 11.3 Å². The minimum absolute atomic E-state index is 0.0295. The number of halogens is 1. The van der Waals surface area contributed by atoms with Crippen molar-refractivity contribution < 1.29 is 9.53 Å².